The van der Waals surface area contributed by atoms with Crippen LogP contribution in [0.5, 0.6) is 0 Å². The maximum atomic E-state index is 13.5. The Hall–Kier alpha value is -2.36. The van der Waals surface area contributed by atoms with Crippen LogP contribution in [0.15, 0.2) is 42.5 Å². The summed E-state index contributed by atoms with van der Waals surface area (Å²) in [7, 11) is 1.90. The van der Waals surface area contributed by atoms with Crippen LogP contribution in [-0.2, 0) is 13.5 Å². The Kier molecular flexibility index (Phi) is 5.15. The molecule has 2 aliphatic carbocycles. The summed E-state index contributed by atoms with van der Waals surface area (Å²) in [6.07, 6.45) is 11.2. The van der Waals surface area contributed by atoms with E-state index in [4.69, 9.17) is 0 Å². The van der Waals surface area contributed by atoms with Crippen molar-refractivity contribution in [1.82, 2.24) is 14.7 Å². The Bertz CT molecular complexity index is 832. The van der Waals surface area contributed by atoms with Gasteiger partial charge in [-0.25, -0.2) is 0 Å². The monoisotopic (exact) mass is 363 g/mol. The molecular formula is C23H29N3O. The van der Waals surface area contributed by atoms with Gasteiger partial charge >= 0.3 is 0 Å². The van der Waals surface area contributed by atoms with Crippen LogP contribution < -0.4 is 0 Å². The van der Waals surface area contributed by atoms with Gasteiger partial charge in [-0.15, -0.1) is 0 Å². The molecule has 2 atom stereocenters. The van der Waals surface area contributed by atoms with Crippen molar-refractivity contribution in [2.75, 3.05) is 6.54 Å². The standard InChI is InChI=1S/C23H29N3O/c1-17-15-21(24-25(17)2)23(27)26(16-18-9-4-3-5-10-18)22-14-8-12-19-11-6-7-13-20(19)22/h3-4,6-7,11,13,15,18,22H,5,8-10,12,14,16H2,1-2H3/t18-,22-/m1/s1. The van der Waals surface area contributed by atoms with Gasteiger partial charge in [0.15, 0.2) is 5.69 Å². The third-order valence-corrected chi connectivity index (χ3v) is 6.14. The van der Waals surface area contributed by atoms with Crippen molar-refractivity contribution in [3.63, 3.8) is 0 Å². The van der Waals surface area contributed by atoms with Crippen LogP contribution in [0.2, 0.25) is 0 Å². The van der Waals surface area contributed by atoms with Crippen molar-refractivity contribution in [1.29, 1.82) is 0 Å². The number of allylic oxidation sites excluding steroid dienone is 2. The molecule has 0 bridgehead atoms. The summed E-state index contributed by atoms with van der Waals surface area (Å²) in [6, 6.07) is 10.7. The lowest BCUT2D eigenvalue weighted by molar-refractivity contribution is 0.0605. The summed E-state index contributed by atoms with van der Waals surface area (Å²) in [6.45, 7) is 2.81. The van der Waals surface area contributed by atoms with Crippen molar-refractivity contribution in [2.24, 2.45) is 13.0 Å². The predicted octanol–water partition coefficient (Wildman–Crippen LogP) is 4.60. The first kappa shape index (κ1) is 18.0. The average molecular weight is 364 g/mol. The zero-order valence-electron chi connectivity index (χ0n) is 16.4. The topological polar surface area (TPSA) is 38.1 Å². The van der Waals surface area contributed by atoms with E-state index in [1.807, 2.05) is 20.0 Å². The maximum absolute atomic E-state index is 13.5. The summed E-state index contributed by atoms with van der Waals surface area (Å²) in [5, 5.41) is 4.49. The lowest BCUT2D eigenvalue weighted by atomic mass is 9.85. The van der Waals surface area contributed by atoms with Crippen LogP contribution in [0.25, 0.3) is 0 Å². The first-order chi connectivity index (χ1) is 13.1. The van der Waals surface area contributed by atoms with Crippen LogP contribution in [0, 0.1) is 12.8 Å². The first-order valence-corrected chi connectivity index (χ1v) is 10.2. The zero-order chi connectivity index (χ0) is 18.8. The fraction of sp³-hybridized carbons (Fsp3) is 0.478. The highest BCUT2D eigenvalue weighted by Crippen LogP contribution is 2.36. The van der Waals surface area contributed by atoms with Crippen LogP contribution >= 0.6 is 0 Å². The minimum absolute atomic E-state index is 0.0787. The molecule has 1 aromatic carbocycles. The van der Waals surface area contributed by atoms with Crippen molar-refractivity contribution < 1.29 is 4.79 Å². The first-order valence-electron chi connectivity index (χ1n) is 10.2. The largest absolute Gasteiger partial charge is 0.330 e. The van der Waals surface area contributed by atoms with Gasteiger partial charge in [0.05, 0.1) is 6.04 Å². The molecule has 1 aromatic heterocycles. The third-order valence-electron chi connectivity index (χ3n) is 6.14. The van der Waals surface area contributed by atoms with Gasteiger partial charge < -0.3 is 4.90 Å². The van der Waals surface area contributed by atoms with Crippen LogP contribution in [-0.4, -0.2) is 27.1 Å². The molecule has 4 nitrogen and oxygen atoms in total. The van der Waals surface area contributed by atoms with Gasteiger partial charge in [0.2, 0.25) is 0 Å². The van der Waals surface area contributed by atoms with Gasteiger partial charge in [-0.05, 0) is 68.6 Å². The molecule has 1 heterocycles. The SMILES string of the molecule is Cc1cc(C(=O)N(C[C@@H]2CC=CCC2)[C@@H]2CCCc3ccccc32)nn1C. The van der Waals surface area contributed by atoms with Gasteiger partial charge in [-0.2, -0.15) is 5.10 Å². The van der Waals surface area contributed by atoms with Gasteiger partial charge in [0.1, 0.15) is 0 Å². The molecule has 0 radical (unpaired) electrons. The summed E-state index contributed by atoms with van der Waals surface area (Å²) in [5.74, 6) is 0.618. The molecule has 142 valence electrons. The van der Waals surface area contributed by atoms with E-state index in [1.54, 1.807) is 4.68 Å². The van der Waals surface area contributed by atoms with Gasteiger partial charge in [0, 0.05) is 19.3 Å². The van der Waals surface area contributed by atoms with Gasteiger partial charge in [0.25, 0.3) is 5.91 Å². The highest BCUT2D eigenvalue weighted by atomic mass is 16.2. The number of benzene rings is 1. The van der Waals surface area contributed by atoms with Crippen molar-refractivity contribution in [3.8, 4) is 0 Å². The average Bonchev–Trinajstić information content (AvgIpc) is 3.05. The Balaban J connectivity index is 1.67. The highest BCUT2D eigenvalue weighted by molar-refractivity contribution is 5.92. The number of hydrogen-bond donors (Lipinski definition) is 0. The molecule has 0 fully saturated rings. The fourth-order valence-corrected chi connectivity index (χ4v) is 4.52. The van der Waals surface area contributed by atoms with E-state index < -0.39 is 0 Å². The Morgan fingerprint density at radius 2 is 2.11 bits per heavy atom. The Morgan fingerprint density at radius 3 is 2.85 bits per heavy atom. The van der Waals surface area contributed by atoms with Crippen LogP contribution in [0.3, 0.4) is 0 Å². The lowest BCUT2D eigenvalue weighted by Gasteiger charge is -2.38. The second-order valence-electron chi connectivity index (χ2n) is 8.01. The molecule has 0 spiro atoms. The minimum atomic E-state index is 0.0787. The highest BCUT2D eigenvalue weighted by Gasteiger charge is 2.32. The summed E-state index contributed by atoms with van der Waals surface area (Å²) >= 11 is 0. The quantitative estimate of drug-likeness (QED) is 0.744. The van der Waals surface area contributed by atoms with Gasteiger partial charge in [-0.3, -0.25) is 9.48 Å². The Morgan fingerprint density at radius 1 is 1.26 bits per heavy atom. The summed E-state index contributed by atoms with van der Waals surface area (Å²) in [5.41, 5.74) is 4.32. The molecule has 0 aliphatic heterocycles. The second kappa shape index (κ2) is 7.71. The Labute approximate surface area is 161 Å². The van der Waals surface area contributed by atoms with Crippen LogP contribution in [0.1, 0.15) is 65.5 Å². The minimum Gasteiger partial charge on any atom is -0.330 e. The molecule has 0 N–H and O–H groups in total. The van der Waals surface area contributed by atoms with Crippen molar-refractivity contribution in [2.45, 2.75) is 51.5 Å². The van der Waals surface area contributed by atoms with E-state index in [-0.39, 0.29) is 11.9 Å². The zero-order valence-corrected chi connectivity index (χ0v) is 16.4. The molecule has 0 saturated heterocycles. The molecule has 1 amide bonds. The number of rotatable bonds is 4. The number of aromatic nitrogens is 2. The predicted molar refractivity (Wildman–Crippen MR) is 108 cm³/mol. The maximum Gasteiger partial charge on any atom is 0.274 e. The number of nitrogens with zero attached hydrogens (tertiary/aromatic N) is 3. The smallest absolute Gasteiger partial charge is 0.274 e. The fourth-order valence-electron chi connectivity index (χ4n) is 4.52. The molecule has 2 aliphatic rings. The van der Waals surface area contributed by atoms with E-state index in [1.165, 1.54) is 11.1 Å². The number of hydrogen-bond acceptors (Lipinski definition) is 2. The molecule has 4 rings (SSSR count). The van der Waals surface area contributed by atoms with Gasteiger partial charge in [-0.1, -0.05) is 36.4 Å². The molecule has 0 unspecified atom stereocenters. The van der Waals surface area contributed by atoms with Crippen LogP contribution in [0.4, 0.5) is 0 Å². The van der Waals surface area contributed by atoms with E-state index in [9.17, 15) is 4.79 Å². The van der Waals surface area contributed by atoms with E-state index in [0.717, 1.165) is 50.8 Å². The number of carbonyl (C=O) groups excluding carboxylic acids is 1. The lowest BCUT2D eigenvalue weighted by Crippen LogP contribution is -2.40. The normalized spacial score (nSPS) is 21.7. The number of aryl methyl sites for hydroxylation is 3. The van der Waals surface area contributed by atoms with E-state index >= 15 is 0 Å². The molecule has 2 aromatic rings. The molecule has 27 heavy (non-hydrogen) atoms. The molecular weight excluding hydrogens is 334 g/mol. The summed E-state index contributed by atoms with van der Waals surface area (Å²) in [4.78, 5) is 15.7. The van der Waals surface area contributed by atoms with E-state index in [2.05, 4.69) is 46.4 Å². The van der Waals surface area contributed by atoms with Crippen molar-refractivity contribution in [3.05, 3.63) is 65.0 Å². The number of carbonyl (C=O) groups is 1. The summed E-state index contributed by atoms with van der Waals surface area (Å²) < 4.78 is 1.80. The van der Waals surface area contributed by atoms with Crippen molar-refractivity contribution >= 4 is 5.91 Å². The third kappa shape index (κ3) is 3.71. The second-order valence-corrected chi connectivity index (χ2v) is 8.01. The number of amides is 1. The van der Waals surface area contributed by atoms with E-state index in [0.29, 0.717) is 11.6 Å². The number of fused-ring (bicyclic) bond motifs is 1. The molecule has 0 saturated carbocycles. The molecule has 4 heteroatoms.